The van der Waals surface area contributed by atoms with Crippen LogP contribution in [0.1, 0.15) is 22.8 Å². The van der Waals surface area contributed by atoms with E-state index in [9.17, 15) is 23.1 Å². The largest absolute Gasteiger partial charge is 0.416 e. The highest BCUT2D eigenvalue weighted by atomic mass is 19.4. The fourth-order valence-electron chi connectivity index (χ4n) is 1.93. The molecule has 6 heteroatoms. The van der Waals surface area contributed by atoms with Crippen molar-refractivity contribution in [2.75, 3.05) is 0 Å². The predicted molar refractivity (Wildman–Crippen MR) is 74.7 cm³/mol. The number of rotatable bonds is 4. The first-order valence-electron chi connectivity index (χ1n) is 6.55. The van der Waals surface area contributed by atoms with E-state index in [1.165, 1.54) is 12.1 Å². The van der Waals surface area contributed by atoms with Crippen molar-refractivity contribution in [2.24, 2.45) is 0 Å². The van der Waals surface area contributed by atoms with E-state index in [2.05, 4.69) is 5.32 Å². The Morgan fingerprint density at radius 1 is 1.09 bits per heavy atom. The Hall–Kier alpha value is -2.34. The molecule has 0 saturated carbocycles. The number of hydrogen-bond donors (Lipinski definition) is 2. The summed E-state index contributed by atoms with van der Waals surface area (Å²) in [5.41, 5.74) is -0.0460. The summed E-state index contributed by atoms with van der Waals surface area (Å²) in [6.07, 6.45) is -5.78. The number of benzene rings is 2. The molecule has 2 aromatic rings. The molecule has 0 heterocycles. The zero-order valence-electron chi connectivity index (χ0n) is 11.5. The van der Waals surface area contributed by atoms with Crippen molar-refractivity contribution in [1.82, 2.24) is 5.32 Å². The minimum Gasteiger partial charge on any atom is -0.378 e. The lowest BCUT2D eigenvalue weighted by atomic mass is 10.1. The van der Waals surface area contributed by atoms with Crippen LogP contribution >= 0.6 is 0 Å². The molecule has 22 heavy (non-hydrogen) atoms. The van der Waals surface area contributed by atoms with Gasteiger partial charge in [-0.05, 0) is 23.3 Å². The van der Waals surface area contributed by atoms with Crippen LogP contribution in [0.15, 0.2) is 54.6 Å². The number of aliphatic hydroxyl groups excluding tert-OH is 1. The lowest BCUT2D eigenvalue weighted by molar-refractivity contribution is -0.137. The third-order valence-corrected chi connectivity index (χ3v) is 3.08. The van der Waals surface area contributed by atoms with Crippen LogP contribution in [0, 0.1) is 0 Å². The van der Waals surface area contributed by atoms with Crippen molar-refractivity contribution >= 4 is 5.91 Å². The highest BCUT2D eigenvalue weighted by Gasteiger charge is 2.30. The molecular formula is C16H14F3NO2. The molecule has 2 rings (SSSR count). The van der Waals surface area contributed by atoms with Crippen LogP contribution < -0.4 is 5.32 Å². The topological polar surface area (TPSA) is 49.3 Å². The lowest BCUT2D eigenvalue weighted by Crippen LogP contribution is -2.28. The molecule has 1 amide bonds. The van der Waals surface area contributed by atoms with Gasteiger partial charge in [0.15, 0.2) is 6.10 Å². The van der Waals surface area contributed by atoms with Crippen molar-refractivity contribution in [2.45, 2.75) is 18.8 Å². The van der Waals surface area contributed by atoms with Crippen molar-refractivity contribution in [3.05, 3.63) is 71.3 Å². The maximum absolute atomic E-state index is 12.6. The van der Waals surface area contributed by atoms with Gasteiger partial charge in [0.1, 0.15) is 0 Å². The van der Waals surface area contributed by atoms with Gasteiger partial charge in [-0.2, -0.15) is 13.2 Å². The summed E-state index contributed by atoms with van der Waals surface area (Å²) in [5.74, 6) is -0.663. The summed E-state index contributed by atoms with van der Waals surface area (Å²) in [6.45, 7) is -0.0906. The Kier molecular flexibility index (Phi) is 4.82. The van der Waals surface area contributed by atoms with Crippen LogP contribution in [0.2, 0.25) is 0 Å². The van der Waals surface area contributed by atoms with Gasteiger partial charge in [0.25, 0.3) is 5.91 Å². The molecule has 0 fully saturated rings. The highest BCUT2D eigenvalue weighted by molar-refractivity contribution is 5.81. The van der Waals surface area contributed by atoms with Crippen LogP contribution in [-0.2, 0) is 17.5 Å². The zero-order chi connectivity index (χ0) is 16.2. The third kappa shape index (κ3) is 4.08. The minimum absolute atomic E-state index is 0.0906. The maximum atomic E-state index is 12.6. The van der Waals surface area contributed by atoms with Crippen LogP contribution in [0.25, 0.3) is 0 Å². The average molecular weight is 309 g/mol. The van der Waals surface area contributed by atoms with E-state index in [0.29, 0.717) is 11.1 Å². The van der Waals surface area contributed by atoms with E-state index in [4.69, 9.17) is 0 Å². The predicted octanol–water partition coefficient (Wildman–Crippen LogP) is 3.06. The molecule has 0 aliphatic rings. The molecule has 0 saturated heterocycles. The van der Waals surface area contributed by atoms with Crippen LogP contribution in [0.5, 0.6) is 0 Å². The van der Waals surface area contributed by atoms with Crippen molar-refractivity contribution in [3.63, 3.8) is 0 Å². The summed E-state index contributed by atoms with van der Waals surface area (Å²) in [6, 6.07) is 13.0. The molecule has 116 valence electrons. The fraction of sp³-hybridized carbons (Fsp3) is 0.188. The number of carbonyl (C=O) groups is 1. The number of aliphatic hydroxyl groups is 1. The van der Waals surface area contributed by atoms with Gasteiger partial charge in [0.05, 0.1) is 5.56 Å². The van der Waals surface area contributed by atoms with Gasteiger partial charge in [-0.1, -0.05) is 42.5 Å². The van der Waals surface area contributed by atoms with Crippen LogP contribution in [0.3, 0.4) is 0 Å². The number of halogens is 3. The first kappa shape index (κ1) is 16.0. The first-order chi connectivity index (χ1) is 10.4. The van der Waals surface area contributed by atoms with Gasteiger partial charge in [-0.15, -0.1) is 0 Å². The Morgan fingerprint density at radius 3 is 2.41 bits per heavy atom. The second kappa shape index (κ2) is 6.62. The molecular weight excluding hydrogens is 295 g/mol. The summed E-state index contributed by atoms with van der Waals surface area (Å²) in [5, 5.41) is 12.3. The third-order valence-electron chi connectivity index (χ3n) is 3.08. The average Bonchev–Trinajstić information content (AvgIpc) is 2.52. The van der Waals surface area contributed by atoms with Crippen LogP contribution in [0.4, 0.5) is 13.2 Å². The van der Waals surface area contributed by atoms with Gasteiger partial charge in [0, 0.05) is 6.54 Å². The van der Waals surface area contributed by atoms with Crippen LogP contribution in [-0.4, -0.2) is 11.0 Å². The van der Waals surface area contributed by atoms with E-state index in [0.717, 1.165) is 12.1 Å². The molecule has 0 bridgehead atoms. The monoisotopic (exact) mass is 309 g/mol. The molecule has 1 atom stereocenters. The summed E-state index contributed by atoms with van der Waals surface area (Å²) in [7, 11) is 0. The van der Waals surface area contributed by atoms with E-state index in [1.807, 2.05) is 0 Å². The summed E-state index contributed by atoms with van der Waals surface area (Å²) < 4.78 is 37.8. The highest BCUT2D eigenvalue weighted by Crippen LogP contribution is 2.29. The van der Waals surface area contributed by atoms with Gasteiger partial charge in [-0.25, -0.2) is 0 Å². The van der Waals surface area contributed by atoms with Gasteiger partial charge in [0.2, 0.25) is 0 Å². The van der Waals surface area contributed by atoms with Crippen molar-refractivity contribution < 1.29 is 23.1 Å². The molecule has 0 spiro atoms. The number of amides is 1. The van der Waals surface area contributed by atoms with Crippen molar-refractivity contribution in [1.29, 1.82) is 0 Å². The molecule has 2 N–H and O–H groups in total. The van der Waals surface area contributed by atoms with Gasteiger partial charge >= 0.3 is 6.18 Å². The second-order valence-electron chi connectivity index (χ2n) is 4.73. The second-order valence-corrected chi connectivity index (χ2v) is 4.73. The molecule has 0 radical (unpaired) electrons. The fourth-order valence-corrected chi connectivity index (χ4v) is 1.93. The van der Waals surface area contributed by atoms with Crippen molar-refractivity contribution in [3.8, 4) is 0 Å². The molecule has 1 unspecified atom stereocenters. The van der Waals surface area contributed by atoms with Gasteiger partial charge < -0.3 is 10.4 Å². The Balaban J connectivity index is 2.00. The number of alkyl halides is 3. The quantitative estimate of drug-likeness (QED) is 0.912. The smallest absolute Gasteiger partial charge is 0.378 e. The number of carbonyl (C=O) groups excluding carboxylic acids is 1. The van der Waals surface area contributed by atoms with E-state index in [1.54, 1.807) is 30.3 Å². The van der Waals surface area contributed by atoms with E-state index in [-0.39, 0.29) is 6.54 Å². The number of hydrogen-bond acceptors (Lipinski definition) is 2. The Labute approximate surface area is 125 Å². The molecule has 3 nitrogen and oxygen atoms in total. The summed E-state index contributed by atoms with van der Waals surface area (Å²) >= 11 is 0. The molecule has 2 aromatic carbocycles. The number of nitrogens with one attached hydrogen (secondary N) is 1. The molecule has 0 aromatic heterocycles. The minimum atomic E-state index is -4.43. The van der Waals surface area contributed by atoms with Gasteiger partial charge in [-0.3, -0.25) is 4.79 Å². The Morgan fingerprint density at radius 2 is 1.77 bits per heavy atom. The standard InChI is InChI=1S/C16H14F3NO2/c17-16(18,19)13-8-4-5-11(9-13)10-20-15(22)14(21)12-6-2-1-3-7-12/h1-9,14,21H,10H2,(H,20,22). The SMILES string of the molecule is O=C(NCc1cccc(C(F)(F)F)c1)C(O)c1ccccc1. The first-order valence-corrected chi connectivity index (χ1v) is 6.55. The maximum Gasteiger partial charge on any atom is 0.416 e. The normalized spacial score (nSPS) is 12.7. The zero-order valence-corrected chi connectivity index (χ0v) is 11.5. The van der Waals surface area contributed by atoms with E-state index >= 15 is 0 Å². The lowest BCUT2D eigenvalue weighted by Gasteiger charge is -2.13. The Bertz CT molecular complexity index is 641. The molecule has 0 aliphatic heterocycles. The van der Waals surface area contributed by atoms with E-state index < -0.39 is 23.8 Å². The molecule has 0 aliphatic carbocycles. The summed E-state index contributed by atoms with van der Waals surface area (Å²) in [4.78, 5) is 11.8.